The van der Waals surface area contributed by atoms with Crippen LogP contribution in [-0.4, -0.2) is 44.1 Å². The van der Waals surface area contributed by atoms with E-state index in [9.17, 15) is 9.59 Å². The van der Waals surface area contributed by atoms with Gasteiger partial charge >= 0.3 is 5.97 Å². The predicted octanol–water partition coefficient (Wildman–Crippen LogP) is 2.22. The largest absolute Gasteiger partial charge is 0.479 e. The maximum Gasteiger partial charge on any atom is 0.305 e. The molecule has 126 valence electrons. The van der Waals surface area contributed by atoms with Gasteiger partial charge in [0.1, 0.15) is 6.61 Å². The van der Waals surface area contributed by atoms with Crippen LogP contribution in [0.4, 0.5) is 0 Å². The van der Waals surface area contributed by atoms with E-state index >= 15 is 0 Å². The second kappa shape index (κ2) is 12.0. The number of carbonyl (C=O) groups is 2. The maximum atomic E-state index is 10.6. The van der Waals surface area contributed by atoms with E-state index in [1.807, 2.05) is 6.92 Å². The summed E-state index contributed by atoms with van der Waals surface area (Å²) >= 11 is 0. The third kappa shape index (κ3) is 9.37. The summed E-state index contributed by atoms with van der Waals surface area (Å²) in [5, 5.41) is 2.81. The molecule has 3 aliphatic rings. The van der Waals surface area contributed by atoms with Gasteiger partial charge < -0.3 is 14.8 Å². The van der Waals surface area contributed by atoms with Crippen molar-refractivity contribution in [3.05, 3.63) is 0 Å². The van der Waals surface area contributed by atoms with E-state index < -0.39 is 0 Å². The number of nitrogens with one attached hydrogen (secondary N) is 1. The standard InChI is InChI=1S/C6H11NO.C5H9NO.C5H8O2/c8-6-4-2-1-3-5-7-6;1-2-5-6-3-4-7-5;6-5-3-1-2-4-7-5/h1-5H2,(H,7,8);2-4H2,1H3;1-4H2. The molecule has 0 radical (unpaired) electrons. The molecule has 1 amide bonds. The van der Waals surface area contributed by atoms with Crippen molar-refractivity contribution in [1.82, 2.24) is 5.32 Å². The fraction of sp³-hybridized carbons (Fsp3) is 0.812. The third-order valence-corrected chi connectivity index (χ3v) is 3.39. The van der Waals surface area contributed by atoms with Crippen LogP contribution in [0.25, 0.3) is 0 Å². The van der Waals surface area contributed by atoms with E-state index in [2.05, 4.69) is 15.0 Å². The molecule has 2 fully saturated rings. The van der Waals surface area contributed by atoms with Gasteiger partial charge in [-0.05, 0) is 25.7 Å². The van der Waals surface area contributed by atoms with E-state index in [0.717, 1.165) is 64.1 Å². The zero-order valence-electron chi connectivity index (χ0n) is 13.6. The molecule has 0 aromatic rings. The molecule has 0 aromatic carbocycles. The summed E-state index contributed by atoms with van der Waals surface area (Å²) in [4.78, 5) is 24.9. The molecule has 0 unspecified atom stereocenters. The molecule has 0 aromatic heterocycles. The van der Waals surface area contributed by atoms with Crippen LogP contribution in [0.1, 0.15) is 58.3 Å². The fourth-order valence-corrected chi connectivity index (χ4v) is 2.13. The number of hydrogen-bond acceptors (Lipinski definition) is 5. The second-order valence-corrected chi connectivity index (χ2v) is 5.32. The minimum atomic E-state index is -0.0359. The third-order valence-electron chi connectivity index (χ3n) is 3.39. The van der Waals surface area contributed by atoms with E-state index in [-0.39, 0.29) is 11.9 Å². The average molecular weight is 312 g/mol. The highest BCUT2D eigenvalue weighted by Gasteiger charge is 2.06. The number of cyclic esters (lactones) is 1. The normalized spacial score (nSPS) is 20.7. The molecular formula is C16H28N2O4. The second-order valence-electron chi connectivity index (χ2n) is 5.32. The lowest BCUT2D eigenvalue weighted by molar-refractivity contribution is -0.146. The first-order chi connectivity index (χ1) is 10.7. The highest BCUT2D eigenvalue weighted by molar-refractivity contribution is 5.76. The summed E-state index contributed by atoms with van der Waals surface area (Å²) in [5.74, 6) is 1.11. The van der Waals surface area contributed by atoms with Crippen molar-refractivity contribution in [2.45, 2.75) is 58.3 Å². The topological polar surface area (TPSA) is 77.0 Å². The Kier molecular flexibility index (Phi) is 10.1. The van der Waals surface area contributed by atoms with Crippen LogP contribution in [0.5, 0.6) is 0 Å². The first kappa shape index (κ1) is 18.5. The van der Waals surface area contributed by atoms with Gasteiger partial charge in [0.2, 0.25) is 5.91 Å². The zero-order valence-corrected chi connectivity index (χ0v) is 13.6. The van der Waals surface area contributed by atoms with E-state index in [1.54, 1.807) is 0 Å². The number of carbonyl (C=O) groups excluding carboxylic acids is 2. The van der Waals surface area contributed by atoms with Crippen molar-refractivity contribution in [2.24, 2.45) is 4.99 Å². The Balaban J connectivity index is 0.000000166. The monoisotopic (exact) mass is 312 g/mol. The molecule has 0 atom stereocenters. The van der Waals surface area contributed by atoms with E-state index in [1.165, 1.54) is 6.42 Å². The minimum Gasteiger partial charge on any atom is -0.479 e. The number of hydrogen-bond donors (Lipinski definition) is 1. The molecule has 0 spiro atoms. The summed E-state index contributed by atoms with van der Waals surface area (Å²) in [6.07, 6.45) is 7.81. The van der Waals surface area contributed by atoms with Crippen LogP contribution in [0, 0.1) is 0 Å². The smallest absolute Gasteiger partial charge is 0.305 e. The van der Waals surface area contributed by atoms with Gasteiger partial charge in [0.25, 0.3) is 0 Å². The van der Waals surface area contributed by atoms with Crippen molar-refractivity contribution in [2.75, 3.05) is 26.3 Å². The Bertz CT molecular complexity index is 351. The van der Waals surface area contributed by atoms with Crippen LogP contribution in [0.3, 0.4) is 0 Å². The lowest BCUT2D eigenvalue weighted by atomic mass is 10.2. The number of amides is 1. The Morgan fingerprint density at radius 2 is 1.82 bits per heavy atom. The molecule has 6 heteroatoms. The molecule has 1 N–H and O–H groups in total. The van der Waals surface area contributed by atoms with Crippen molar-refractivity contribution < 1.29 is 19.1 Å². The van der Waals surface area contributed by atoms with Gasteiger partial charge in [0.15, 0.2) is 5.90 Å². The molecule has 2 saturated heterocycles. The zero-order chi connectivity index (χ0) is 16.0. The molecule has 0 aliphatic carbocycles. The summed E-state index contributed by atoms with van der Waals surface area (Å²) in [7, 11) is 0. The molecular weight excluding hydrogens is 284 g/mol. The van der Waals surface area contributed by atoms with Crippen LogP contribution < -0.4 is 5.32 Å². The SMILES string of the molecule is CCC1=NCCO1.O=C1CCCCCN1.O=C1CCCCO1. The number of aliphatic imine (C=N–C) groups is 1. The number of esters is 1. The van der Waals surface area contributed by atoms with Gasteiger partial charge in [-0.2, -0.15) is 0 Å². The van der Waals surface area contributed by atoms with Gasteiger partial charge in [-0.15, -0.1) is 0 Å². The van der Waals surface area contributed by atoms with Gasteiger partial charge in [-0.1, -0.05) is 13.3 Å². The summed E-state index contributed by atoms with van der Waals surface area (Å²) in [6, 6.07) is 0. The van der Waals surface area contributed by atoms with Crippen LogP contribution in [0.15, 0.2) is 4.99 Å². The molecule has 3 heterocycles. The Labute approximate surface area is 132 Å². The Hall–Kier alpha value is -1.59. The minimum absolute atomic E-state index is 0.0359. The van der Waals surface area contributed by atoms with Gasteiger partial charge in [-0.25, -0.2) is 0 Å². The lowest BCUT2D eigenvalue weighted by Gasteiger charge is -2.08. The Morgan fingerprint density at radius 1 is 1.00 bits per heavy atom. The summed E-state index contributed by atoms with van der Waals surface area (Å²) in [5.41, 5.74) is 0. The van der Waals surface area contributed by atoms with Crippen LogP contribution in [0.2, 0.25) is 0 Å². The molecule has 3 aliphatic heterocycles. The van der Waals surface area contributed by atoms with Crippen LogP contribution in [-0.2, 0) is 19.1 Å². The van der Waals surface area contributed by atoms with Crippen LogP contribution >= 0.6 is 0 Å². The quantitative estimate of drug-likeness (QED) is 0.753. The average Bonchev–Trinajstić information content (AvgIpc) is 2.96. The first-order valence-electron chi connectivity index (χ1n) is 8.31. The van der Waals surface area contributed by atoms with Gasteiger partial charge in [0.05, 0.1) is 13.2 Å². The molecule has 6 nitrogen and oxygen atoms in total. The first-order valence-corrected chi connectivity index (χ1v) is 8.31. The lowest BCUT2D eigenvalue weighted by Crippen LogP contribution is -2.21. The number of nitrogens with zero attached hydrogens (tertiary/aromatic N) is 1. The highest BCUT2D eigenvalue weighted by Crippen LogP contribution is 2.04. The predicted molar refractivity (Wildman–Crippen MR) is 84.8 cm³/mol. The molecule has 0 bridgehead atoms. The van der Waals surface area contributed by atoms with Crippen molar-refractivity contribution in [3.8, 4) is 0 Å². The number of rotatable bonds is 1. The van der Waals surface area contributed by atoms with E-state index in [0.29, 0.717) is 13.0 Å². The van der Waals surface area contributed by atoms with Crippen molar-refractivity contribution >= 4 is 17.8 Å². The Morgan fingerprint density at radius 3 is 2.32 bits per heavy atom. The summed E-state index contributed by atoms with van der Waals surface area (Å²) < 4.78 is 9.69. The highest BCUT2D eigenvalue weighted by atomic mass is 16.5. The molecule has 3 rings (SSSR count). The maximum absolute atomic E-state index is 10.6. The number of ether oxygens (including phenoxy) is 2. The summed E-state index contributed by atoms with van der Waals surface area (Å²) in [6.45, 7) is 5.23. The van der Waals surface area contributed by atoms with E-state index in [4.69, 9.17) is 4.74 Å². The van der Waals surface area contributed by atoms with Gasteiger partial charge in [0, 0.05) is 25.8 Å². The van der Waals surface area contributed by atoms with Crippen molar-refractivity contribution in [1.29, 1.82) is 0 Å². The van der Waals surface area contributed by atoms with Gasteiger partial charge in [-0.3, -0.25) is 14.6 Å². The van der Waals surface area contributed by atoms with Crippen molar-refractivity contribution in [3.63, 3.8) is 0 Å². The fourth-order valence-electron chi connectivity index (χ4n) is 2.13. The molecule has 22 heavy (non-hydrogen) atoms. The molecule has 0 saturated carbocycles.